The van der Waals surface area contributed by atoms with E-state index in [1.807, 2.05) is 36.4 Å². The molecule has 0 saturated heterocycles. The van der Waals surface area contributed by atoms with Gasteiger partial charge in [-0.25, -0.2) is 0 Å². The minimum atomic E-state index is 0. The van der Waals surface area contributed by atoms with Crippen molar-refractivity contribution in [1.82, 2.24) is 4.90 Å². The molecule has 1 nitrogen and oxygen atoms in total. The number of hydrogen-bond donors (Lipinski definition) is 0. The van der Waals surface area contributed by atoms with Gasteiger partial charge in [-0.3, -0.25) is 0 Å². The first-order valence-corrected chi connectivity index (χ1v) is 5.63. The standard InChI is InChI=1S/C14H13ClN.Y/c1-3-16-11(2)7-6-10-14(16)12-8-4-5-9-13(12)15;/h4-9H,2-3H2,1H3;/q-1;. The van der Waals surface area contributed by atoms with E-state index in [1.165, 1.54) is 0 Å². The zero-order valence-electron chi connectivity index (χ0n) is 9.78. The number of benzene rings is 1. The maximum absolute atomic E-state index is 6.19. The van der Waals surface area contributed by atoms with E-state index in [-0.39, 0.29) is 32.7 Å². The van der Waals surface area contributed by atoms with E-state index in [0.717, 1.165) is 28.5 Å². The minimum absolute atomic E-state index is 0. The predicted octanol–water partition coefficient (Wildman–Crippen LogP) is 3.89. The molecule has 0 atom stereocenters. The Morgan fingerprint density at radius 1 is 1.35 bits per heavy atom. The van der Waals surface area contributed by atoms with E-state index in [1.54, 1.807) is 0 Å². The summed E-state index contributed by atoms with van der Waals surface area (Å²) in [5.41, 5.74) is 2.95. The summed E-state index contributed by atoms with van der Waals surface area (Å²) in [7, 11) is 0. The molecule has 1 radical (unpaired) electrons. The van der Waals surface area contributed by atoms with Crippen molar-refractivity contribution >= 4 is 17.3 Å². The first kappa shape index (κ1) is 14.7. The second-order valence-electron chi connectivity index (χ2n) is 3.54. The molecule has 1 aliphatic rings. The minimum Gasteiger partial charge on any atom is -0.376 e. The summed E-state index contributed by atoms with van der Waals surface area (Å²) in [6.07, 6.45) is 7.05. The molecule has 2 rings (SSSR count). The van der Waals surface area contributed by atoms with Crippen LogP contribution in [-0.4, -0.2) is 11.4 Å². The number of nitrogens with zero attached hydrogens (tertiary/aromatic N) is 1. The molecular weight excluding hydrogens is 307 g/mol. The SMILES string of the molecule is C=C1C=C[C-]=C(c2ccccc2Cl)N1CC.[Y]. The Hall–Kier alpha value is -0.366. The van der Waals surface area contributed by atoms with Gasteiger partial charge in [-0.05, 0) is 17.6 Å². The van der Waals surface area contributed by atoms with Gasteiger partial charge in [0.25, 0.3) is 0 Å². The van der Waals surface area contributed by atoms with E-state index >= 15 is 0 Å². The molecular formula is C14H13ClNY-. The van der Waals surface area contributed by atoms with Gasteiger partial charge in [-0.2, -0.15) is 12.2 Å². The normalized spacial score (nSPS) is 14.4. The average molecular weight is 320 g/mol. The molecule has 0 aliphatic carbocycles. The fraction of sp³-hybridized carbons (Fsp3) is 0.143. The Morgan fingerprint density at radius 3 is 2.71 bits per heavy atom. The molecule has 3 heteroatoms. The second kappa shape index (κ2) is 6.54. The van der Waals surface area contributed by atoms with Crippen LogP contribution in [0.2, 0.25) is 5.02 Å². The quantitative estimate of drug-likeness (QED) is 0.748. The van der Waals surface area contributed by atoms with Crippen molar-refractivity contribution in [2.45, 2.75) is 6.92 Å². The van der Waals surface area contributed by atoms with Crippen LogP contribution in [0.5, 0.6) is 0 Å². The molecule has 0 unspecified atom stereocenters. The second-order valence-corrected chi connectivity index (χ2v) is 3.95. The number of halogens is 1. The Balaban J connectivity index is 0.00000144. The summed E-state index contributed by atoms with van der Waals surface area (Å²) in [6.45, 7) is 6.95. The van der Waals surface area contributed by atoms with Crippen LogP contribution in [0.3, 0.4) is 0 Å². The number of rotatable bonds is 2. The first-order chi connectivity index (χ1) is 7.74. The van der Waals surface area contributed by atoms with Gasteiger partial charge in [0.05, 0.1) is 0 Å². The summed E-state index contributed by atoms with van der Waals surface area (Å²) in [4.78, 5) is 2.10. The van der Waals surface area contributed by atoms with Gasteiger partial charge >= 0.3 is 0 Å². The smallest absolute Gasteiger partial charge is 0.0169 e. The van der Waals surface area contributed by atoms with Gasteiger partial charge in [0, 0.05) is 39.3 Å². The van der Waals surface area contributed by atoms with Crippen molar-refractivity contribution in [2.75, 3.05) is 6.54 Å². The van der Waals surface area contributed by atoms with Crippen molar-refractivity contribution in [3.63, 3.8) is 0 Å². The summed E-state index contributed by atoms with van der Waals surface area (Å²) in [5.74, 6) is 0. The van der Waals surface area contributed by atoms with Crippen LogP contribution in [-0.2, 0) is 32.7 Å². The Kier molecular flexibility index (Phi) is 5.65. The maximum Gasteiger partial charge on any atom is 0.0169 e. The molecule has 0 fully saturated rings. The Morgan fingerprint density at radius 2 is 2.06 bits per heavy atom. The van der Waals surface area contributed by atoms with Crippen LogP contribution in [0.15, 0.2) is 48.7 Å². The molecule has 1 aromatic rings. The third-order valence-electron chi connectivity index (χ3n) is 2.56. The van der Waals surface area contributed by atoms with Gasteiger partial charge in [0.15, 0.2) is 0 Å². The van der Waals surface area contributed by atoms with Crippen molar-refractivity contribution in [3.05, 3.63) is 65.4 Å². The van der Waals surface area contributed by atoms with Gasteiger partial charge in [0.2, 0.25) is 0 Å². The van der Waals surface area contributed by atoms with E-state index in [2.05, 4.69) is 24.5 Å². The third-order valence-corrected chi connectivity index (χ3v) is 2.89. The molecule has 0 bridgehead atoms. The zero-order chi connectivity index (χ0) is 11.5. The molecule has 0 aromatic heterocycles. The van der Waals surface area contributed by atoms with Gasteiger partial charge in [-0.1, -0.05) is 47.6 Å². The molecule has 1 aromatic carbocycles. The van der Waals surface area contributed by atoms with Crippen LogP contribution < -0.4 is 0 Å². The summed E-state index contributed by atoms with van der Waals surface area (Å²) in [6, 6.07) is 7.79. The third kappa shape index (κ3) is 3.10. The van der Waals surface area contributed by atoms with E-state index in [9.17, 15) is 0 Å². The van der Waals surface area contributed by atoms with E-state index in [0.29, 0.717) is 0 Å². The van der Waals surface area contributed by atoms with Crippen molar-refractivity contribution in [3.8, 4) is 0 Å². The summed E-state index contributed by atoms with van der Waals surface area (Å²) >= 11 is 6.19. The van der Waals surface area contributed by atoms with Crippen molar-refractivity contribution in [1.29, 1.82) is 0 Å². The molecule has 1 heterocycles. The zero-order valence-corrected chi connectivity index (χ0v) is 13.4. The largest absolute Gasteiger partial charge is 0.376 e. The number of likely N-dealkylation sites (N-methyl/N-ethyl adjacent to an activating group) is 1. The molecule has 17 heavy (non-hydrogen) atoms. The summed E-state index contributed by atoms with van der Waals surface area (Å²) < 4.78 is 0. The van der Waals surface area contributed by atoms with E-state index in [4.69, 9.17) is 11.6 Å². The maximum atomic E-state index is 6.19. The molecule has 0 N–H and O–H groups in total. The molecule has 0 amide bonds. The predicted molar refractivity (Wildman–Crippen MR) is 68.8 cm³/mol. The van der Waals surface area contributed by atoms with Crippen LogP contribution in [0, 0.1) is 6.08 Å². The van der Waals surface area contributed by atoms with Crippen LogP contribution in [0.1, 0.15) is 12.5 Å². The average Bonchev–Trinajstić information content (AvgIpc) is 2.29. The Labute approximate surface area is 133 Å². The molecule has 1 aliphatic heterocycles. The van der Waals surface area contributed by atoms with Crippen LogP contribution in [0.4, 0.5) is 0 Å². The Bertz CT molecular complexity index is 477. The van der Waals surface area contributed by atoms with Gasteiger partial charge in [-0.15, -0.1) is 12.1 Å². The molecule has 0 saturated carbocycles. The van der Waals surface area contributed by atoms with Crippen LogP contribution >= 0.6 is 11.6 Å². The van der Waals surface area contributed by atoms with Gasteiger partial charge in [0.1, 0.15) is 0 Å². The van der Waals surface area contributed by atoms with Gasteiger partial charge < -0.3 is 4.90 Å². The topological polar surface area (TPSA) is 3.24 Å². The number of allylic oxidation sites excluding steroid dienone is 3. The van der Waals surface area contributed by atoms with Crippen LogP contribution in [0.25, 0.3) is 5.70 Å². The fourth-order valence-corrected chi connectivity index (χ4v) is 1.99. The number of hydrogen-bond acceptors (Lipinski definition) is 1. The monoisotopic (exact) mass is 319 g/mol. The summed E-state index contributed by atoms with van der Waals surface area (Å²) in [5, 5.41) is 0.742. The van der Waals surface area contributed by atoms with E-state index < -0.39 is 0 Å². The van der Waals surface area contributed by atoms with Crippen molar-refractivity contribution in [2.24, 2.45) is 0 Å². The van der Waals surface area contributed by atoms with Crippen molar-refractivity contribution < 1.29 is 32.7 Å². The molecule has 85 valence electrons. The first-order valence-electron chi connectivity index (χ1n) is 5.25. The fourth-order valence-electron chi connectivity index (χ4n) is 1.77. The molecule has 0 spiro atoms.